The number of nitrogens with zero attached hydrogens (tertiary/aromatic N) is 2. The summed E-state index contributed by atoms with van der Waals surface area (Å²) in [6.45, 7) is 5.34. The van der Waals surface area contributed by atoms with Crippen LogP contribution in [0.25, 0.3) is 10.9 Å². The lowest BCUT2D eigenvalue weighted by Gasteiger charge is -2.19. The Morgan fingerprint density at radius 3 is 2.04 bits per heavy atom. The van der Waals surface area contributed by atoms with E-state index in [4.69, 9.17) is 17.2 Å². The summed E-state index contributed by atoms with van der Waals surface area (Å²) >= 11 is 0. The number of carbonyl (C=O) groups excluding carboxylic acids is 4. The first-order valence-corrected chi connectivity index (χ1v) is 16.9. The predicted molar refractivity (Wildman–Crippen MR) is 198 cm³/mol. The van der Waals surface area contributed by atoms with Crippen molar-refractivity contribution in [3.8, 4) is 0 Å². The Labute approximate surface area is 301 Å². The summed E-state index contributed by atoms with van der Waals surface area (Å²) in [5.74, 6) is -2.60. The van der Waals surface area contributed by atoms with E-state index in [0.29, 0.717) is 47.4 Å². The standard InChI is InChI=1S/C37H45N9O6/c1-20(2)30(38)35(50)42-21(3)32(47)43-26-15-13-24(14-16-26)33(48)41-18-4-5-29(36(51)52)44-34(49)25-11-8-22(9-12-25)6-7-23-10-17-28-27(19-23)31(39)46-37(40)45-28/h8-17,19-21,29-30H,4-7,18,38H2,1-3H3,(H,41,48)(H,42,50)(H,43,47)(H,44,49)(H,51,52)(H4,39,40,45,46)/t21-,29-,30-/m0/s1. The molecule has 0 fully saturated rings. The van der Waals surface area contributed by atoms with Gasteiger partial charge in [0, 0.05) is 28.7 Å². The Balaban J connectivity index is 1.20. The second-order valence-electron chi connectivity index (χ2n) is 12.8. The number of benzene rings is 3. The van der Waals surface area contributed by atoms with E-state index in [0.717, 1.165) is 16.5 Å². The van der Waals surface area contributed by atoms with Gasteiger partial charge in [-0.15, -0.1) is 0 Å². The number of carboxylic acids is 1. The number of aliphatic carboxylic acids is 1. The maximum absolute atomic E-state index is 12.9. The first-order valence-electron chi connectivity index (χ1n) is 16.9. The lowest BCUT2D eigenvalue weighted by Crippen LogP contribution is -2.50. The van der Waals surface area contributed by atoms with Crippen molar-refractivity contribution in [2.45, 2.75) is 64.6 Å². The Morgan fingerprint density at radius 1 is 0.769 bits per heavy atom. The molecule has 11 N–H and O–H groups in total. The minimum atomic E-state index is -1.19. The average Bonchev–Trinajstić information content (AvgIpc) is 3.11. The SMILES string of the molecule is CC(C)[C@H](N)C(=O)N[C@@H](C)C(=O)Nc1ccc(C(=O)NCCC[C@H](NC(=O)c2ccc(CCc3ccc4nc(N)nc(N)c4c3)cc2)C(=O)O)cc1. The van der Waals surface area contributed by atoms with E-state index in [9.17, 15) is 29.1 Å². The Kier molecular flexibility index (Phi) is 13.2. The molecule has 274 valence electrons. The summed E-state index contributed by atoms with van der Waals surface area (Å²) in [5, 5.41) is 21.0. The minimum Gasteiger partial charge on any atom is -0.480 e. The zero-order valence-corrected chi connectivity index (χ0v) is 29.3. The lowest BCUT2D eigenvalue weighted by molar-refractivity contribution is -0.139. The van der Waals surface area contributed by atoms with Crippen LogP contribution in [0.5, 0.6) is 0 Å². The van der Waals surface area contributed by atoms with E-state index >= 15 is 0 Å². The molecule has 0 bridgehead atoms. The molecule has 0 saturated heterocycles. The number of carbonyl (C=O) groups is 5. The van der Waals surface area contributed by atoms with Crippen LogP contribution < -0.4 is 38.5 Å². The maximum atomic E-state index is 12.9. The summed E-state index contributed by atoms with van der Waals surface area (Å²) in [6.07, 6.45) is 1.79. The molecular weight excluding hydrogens is 666 g/mol. The van der Waals surface area contributed by atoms with Crippen LogP contribution in [0, 0.1) is 5.92 Å². The molecule has 1 aromatic heterocycles. The maximum Gasteiger partial charge on any atom is 0.326 e. The molecule has 15 nitrogen and oxygen atoms in total. The number of aromatic nitrogens is 2. The number of amides is 4. The third-order valence-corrected chi connectivity index (χ3v) is 8.47. The fraction of sp³-hybridized carbons (Fsp3) is 0.324. The van der Waals surface area contributed by atoms with Crippen LogP contribution in [0.2, 0.25) is 0 Å². The molecule has 0 saturated carbocycles. The van der Waals surface area contributed by atoms with Crippen LogP contribution in [0.15, 0.2) is 66.7 Å². The molecule has 0 aliphatic heterocycles. The van der Waals surface area contributed by atoms with Gasteiger partial charge in [-0.3, -0.25) is 19.2 Å². The first-order chi connectivity index (χ1) is 24.7. The van der Waals surface area contributed by atoms with Crippen LogP contribution in [0.3, 0.4) is 0 Å². The third kappa shape index (κ3) is 10.7. The summed E-state index contributed by atoms with van der Waals surface area (Å²) in [6, 6.07) is 16.1. The van der Waals surface area contributed by atoms with Gasteiger partial charge in [0.15, 0.2) is 0 Å². The topological polar surface area (TPSA) is 258 Å². The number of nitrogens with two attached hydrogens (primary N) is 3. The first kappa shape index (κ1) is 38.7. The number of hydrogen-bond donors (Lipinski definition) is 8. The van der Waals surface area contributed by atoms with Crippen molar-refractivity contribution < 1.29 is 29.1 Å². The van der Waals surface area contributed by atoms with Gasteiger partial charge in [0.05, 0.1) is 11.6 Å². The number of anilines is 3. The van der Waals surface area contributed by atoms with Crippen molar-refractivity contribution in [2.75, 3.05) is 23.3 Å². The normalized spacial score (nSPS) is 12.8. The molecule has 3 aromatic carbocycles. The van der Waals surface area contributed by atoms with E-state index in [1.807, 2.05) is 44.2 Å². The number of aryl methyl sites for hydroxylation is 2. The molecule has 52 heavy (non-hydrogen) atoms. The molecule has 0 unspecified atom stereocenters. The number of rotatable bonds is 16. The number of carboxylic acid groups (broad SMARTS) is 1. The summed E-state index contributed by atoms with van der Waals surface area (Å²) in [7, 11) is 0. The van der Waals surface area contributed by atoms with Crippen molar-refractivity contribution >= 4 is 58.0 Å². The van der Waals surface area contributed by atoms with E-state index in [1.165, 1.54) is 12.1 Å². The van der Waals surface area contributed by atoms with Crippen molar-refractivity contribution in [3.05, 3.63) is 89.0 Å². The van der Waals surface area contributed by atoms with Crippen LogP contribution in [-0.4, -0.2) is 69.3 Å². The molecule has 15 heteroatoms. The van der Waals surface area contributed by atoms with E-state index in [1.54, 1.807) is 31.2 Å². The van der Waals surface area contributed by atoms with Crippen LogP contribution in [0.4, 0.5) is 17.5 Å². The highest BCUT2D eigenvalue weighted by atomic mass is 16.4. The monoisotopic (exact) mass is 711 g/mol. The fourth-order valence-corrected chi connectivity index (χ4v) is 5.23. The lowest BCUT2D eigenvalue weighted by atomic mass is 10.0. The molecule has 4 rings (SSSR count). The zero-order valence-electron chi connectivity index (χ0n) is 29.3. The van der Waals surface area contributed by atoms with Gasteiger partial charge in [-0.05, 0) is 98.2 Å². The molecule has 4 aromatic rings. The molecule has 1 heterocycles. The van der Waals surface area contributed by atoms with Gasteiger partial charge in [0.25, 0.3) is 11.8 Å². The predicted octanol–water partition coefficient (Wildman–Crippen LogP) is 2.40. The van der Waals surface area contributed by atoms with Gasteiger partial charge >= 0.3 is 5.97 Å². The molecule has 0 radical (unpaired) electrons. The third-order valence-electron chi connectivity index (χ3n) is 8.47. The van der Waals surface area contributed by atoms with Gasteiger partial charge in [0.1, 0.15) is 17.9 Å². The van der Waals surface area contributed by atoms with Crippen molar-refractivity contribution in [1.29, 1.82) is 0 Å². The zero-order chi connectivity index (χ0) is 37.9. The van der Waals surface area contributed by atoms with Gasteiger partial charge < -0.3 is 43.6 Å². The fourth-order valence-electron chi connectivity index (χ4n) is 5.23. The largest absolute Gasteiger partial charge is 0.480 e. The van der Waals surface area contributed by atoms with Crippen molar-refractivity contribution in [2.24, 2.45) is 11.7 Å². The Hall–Kier alpha value is -6.09. The van der Waals surface area contributed by atoms with Gasteiger partial charge in [-0.2, -0.15) is 4.98 Å². The second-order valence-corrected chi connectivity index (χ2v) is 12.8. The Morgan fingerprint density at radius 2 is 1.38 bits per heavy atom. The number of fused-ring (bicyclic) bond motifs is 1. The quantitative estimate of drug-likeness (QED) is 0.0783. The highest BCUT2D eigenvalue weighted by Gasteiger charge is 2.23. The smallest absolute Gasteiger partial charge is 0.326 e. The molecule has 4 amide bonds. The van der Waals surface area contributed by atoms with Crippen LogP contribution in [-0.2, 0) is 27.2 Å². The van der Waals surface area contributed by atoms with Gasteiger partial charge in [-0.25, -0.2) is 9.78 Å². The number of nitrogens with one attached hydrogen (secondary N) is 4. The van der Waals surface area contributed by atoms with E-state index in [2.05, 4.69) is 31.2 Å². The second kappa shape index (κ2) is 17.7. The van der Waals surface area contributed by atoms with Crippen molar-refractivity contribution in [1.82, 2.24) is 25.9 Å². The van der Waals surface area contributed by atoms with E-state index in [-0.39, 0.29) is 30.7 Å². The summed E-state index contributed by atoms with van der Waals surface area (Å²) < 4.78 is 0. The molecule has 0 aliphatic rings. The van der Waals surface area contributed by atoms with E-state index < -0.39 is 41.8 Å². The molecule has 0 aliphatic carbocycles. The Bertz CT molecular complexity index is 1920. The van der Waals surface area contributed by atoms with Crippen molar-refractivity contribution in [3.63, 3.8) is 0 Å². The van der Waals surface area contributed by atoms with Crippen LogP contribution >= 0.6 is 0 Å². The molecule has 3 atom stereocenters. The minimum absolute atomic E-state index is 0.0805. The van der Waals surface area contributed by atoms with Crippen LogP contribution in [0.1, 0.15) is 65.5 Å². The van der Waals surface area contributed by atoms with Gasteiger partial charge in [0.2, 0.25) is 17.8 Å². The average molecular weight is 712 g/mol. The highest BCUT2D eigenvalue weighted by molar-refractivity contribution is 5.99. The number of nitrogen functional groups attached to an aromatic ring is 2. The van der Waals surface area contributed by atoms with Gasteiger partial charge in [-0.1, -0.05) is 32.0 Å². The summed E-state index contributed by atoms with van der Waals surface area (Å²) in [5.41, 5.74) is 21.3. The number of hydrogen-bond acceptors (Lipinski definition) is 10. The summed E-state index contributed by atoms with van der Waals surface area (Å²) in [4.78, 5) is 70.2. The molecular formula is C37H45N9O6. The highest BCUT2D eigenvalue weighted by Crippen LogP contribution is 2.21. The molecule has 0 spiro atoms.